The minimum absolute atomic E-state index is 0. The van der Waals surface area contributed by atoms with Crippen LogP contribution in [-0.2, 0) is 0 Å². The zero-order valence-corrected chi connectivity index (χ0v) is 7.12. The van der Waals surface area contributed by atoms with Crippen molar-refractivity contribution in [2.45, 2.75) is 6.92 Å². The Balaban J connectivity index is 0.000001000. The second kappa shape index (κ2) is 4.97. The SMILES string of the molecule is CCNc1cccc(F)c1.Cl. The van der Waals surface area contributed by atoms with Gasteiger partial charge in [0, 0.05) is 12.2 Å². The molecule has 0 amide bonds. The van der Waals surface area contributed by atoms with Crippen molar-refractivity contribution in [3.05, 3.63) is 30.1 Å². The number of hydrogen-bond acceptors (Lipinski definition) is 1. The van der Waals surface area contributed by atoms with Gasteiger partial charge in [-0.05, 0) is 25.1 Å². The summed E-state index contributed by atoms with van der Waals surface area (Å²) in [6.45, 7) is 2.80. The van der Waals surface area contributed by atoms with Crippen LogP contribution in [0.3, 0.4) is 0 Å². The molecule has 0 aromatic heterocycles. The summed E-state index contributed by atoms with van der Waals surface area (Å²) in [5.41, 5.74) is 0.836. The number of benzene rings is 1. The number of nitrogens with one attached hydrogen (secondary N) is 1. The van der Waals surface area contributed by atoms with Crippen LogP contribution >= 0.6 is 12.4 Å². The average molecular weight is 176 g/mol. The molecule has 0 radical (unpaired) electrons. The molecule has 0 saturated carbocycles. The van der Waals surface area contributed by atoms with Gasteiger partial charge in [0.25, 0.3) is 0 Å². The topological polar surface area (TPSA) is 12.0 Å². The van der Waals surface area contributed by atoms with Crippen LogP contribution < -0.4 is 5.32 Å². The van der Waals surface area contributed by atoms with E-state index < -0.39 is 0 Å². The summed E-state index contributed by atoms with van der Waals surface area (Å²) in [6, 6.07) is 6.43. The Morgan fingerprint density at radius 2 is 2.18 bits per heavy atom. The smallest absolute Gasteiger partial charge is 0.125 e. The van der Waals surface area contributed by atoms with Gasteiger partial charge in [-0.2, -0.15) is 0 Å². The number of rotatable bonds is 2. The molecule has 0 aliphatic heterocycles. The van der Waals surface area contributed by atoms with Crippen LogP contribution in [-0.4, -0.2) is 6.54 Å². The minimum atomic E-state index is -0.196. The van der Waals surface area contributed by atoms with Gasteiger partial charge in [0.2, 0.25) is 0 Å². The van der Waals surface area contributed by atoms with Gasteiger partial charge in [-0.15, -0.1) is 12.4 Å². The first-order chi connectivity index (χ1) is 4.83. The molecule has 0 heterocycles. The number of anilines is 1. The van der Waals surface area contributed by atoms with Crippen molar-refractivity contribution >= 4 is 18.1 Å². The Morgan fingerprint density at radius 3 is 2.73 bits per heavy atom. The lowest BCUT2D eigenvalue weighted by Gasteiger charge is -2.00. The normalized spacial score (nSPS) is 8.55. The molecule has 1 aromatic carbocycles. The fraction of sp³-hybridized carbons (Fsp3) is 0.250. The monoisotopic (exact) mass is 175 g/mol. The van der Waals surface area contributed by atoms with Gasteiger partial charge in [-0.3, -0.25) is 0 Å². The maximum Gasteiger partial charge on any atom is 0.125 e. The molecule has 0 bridgehead atoms. The second-order valence-corrected chi connectivity index (χ2v) is 2.04. The van der Waals surface area contributed by atoms with E-state index in [1.165, 1.54) is 12.1 Å². The summed E-state index contributed by atoms with van der Waals surface area (Å²) in [6.07, 6.45) is 0. The molecule has 0 fully saturated rings. The Morgan fingerprint density at radius 1 is 1.45 bits per heavy atom. The lowest BCUT2D eigenvalue weighted by Crippen LogP contribution is -1.95. The fourth-order valence-electron chi connectivity index (χ4n) is 0.803. The summed E-state index contributed by atoms with van der Waals surface area (Å²) in [5, 5.41) is 3.01. The van der Waals surface area contributed by atoms with Crippen LogP contribution in [0.1, 0.15) is 6.92 Å². The van der Waals surface area contributed by atoms with Crippen molar-refractivity contribution in [1.29, 1.82) is 0 Å². The van der Waals surface area contributed by atoms with Crippen molar-refractivity contribution in [3.63, 3.8) is 0 Å². The Bertz CT molecular complexity index is 215. The third-order valence-electron chi connectivity index (χ3n) is 1.21. The molecular formula is C8H11ClFN. The Labute approximate surface area is 72.0 Å². The third kappa shape index (κ3) is 3.23. The molecule has 0 saturated heterocycles. The van der Waals surface area contributed by atoms with Crippen LogP contribution in [0.25, 0.3) is 0 Å². The molecule has 0 spiro atoms. The van der Waals surface area contributed by atoms with Crippen molar-refractivity contribution in [3.8, 4) is 0 Å². The van der Waals surface area contributed by atoms with Gasteiger partial charge in [0.05, 0.1) is 0 Å². The highest BCUT2D eigenvalue weighted by Gasteiger charge is 1.90. The summed E-state index contributed by atoms with van der Waals surface area (Å²) >= 11 is 0. The average Bonchev–Trinajstić information content (AvgIpc) is 1.88. The largest absolute Gasteiger partial charge is 0.385 e. The van der Waals surface area contributed by atoms with E-state index in [-0.39, 0.29) is 18.2 Å². The molecule has 0 atom stereocenters. The fourth-order valence-corrected chi connectivity index (χ4v) is 0.803. The first-order valence-corrected chi connectivity index (χ1v) is 3.32. The molecule has 0 unspecified atom stereocenters. The molecular weight excluding hydrogens is 165 g/mol. The van der Waals surface area contributed by atoms with Gasteiger partial charge in [-0.25, -0.2) is 4.39 Å². The minimum Gasteiger partial charge on any atom is -0.385 e. The highest BCUT2D eigenvalue weighted by atomic mass is 35.5. The van der Waals surface area contributed by atoms with Gasteiger partial charge in [0.1, 0.15) is 5.82 Å². The Kier molecular flexibility index (Phi) is 4.62. The van der Waals surface area contributed by atoms with Crippen molar-refractivity contribution < 1.29 is 4.39 Å². The van der Waals surface area contributed by atoms with Gasteiger partial charge in [0.15, 0.2) is 0 Å². The molecule has 3 heteroatoms. The highest BCUT2D eigenvalue weighted by Crippen LogP contribution is 2.07. The zero-order valence-electron chi connectivity index (χ0n) is 6.30. The van der Waals surface area contributed by atoms with E-state index in [0.717, 1.165) is 12.2 Å². The molecule has 11 heavy (non-hydrogen) atoms. The molecule has 1 aromatic rings. The highest BCUT2D eigenvalue weighted by molar-refractivity contribution is 5.85. The summed E-state index contributed by atoms with van der Waals surface area (Å²) in [5.74, 6) is -0.196. The molecule has 1 N–H and O–H groups in total. The summed E-state index contributed by atoms with van der Waals surface area (Å²) in [4.78, 5) is 0. The van der Waals surface area contributed by atoms with E-state index in [0.29, 0.717) is 0 Å². The van der Waals surface area contributed by atoms with E-state index in [2.05, 4.69) is 5.32 Å². The molecule has 1 nitrogen and oxygen atoms in total. The van der Waals surface area contributed by atoms with Gasteiger partial charge < -0.3 is 5.32 Å². The maximum absolute atomic E-state index is 12.5. The summed E-state index contributed by atoms with van der Waals surface area (Å²) in [7, 11) is 0. The van der Waals surface area contributed by atoms with Gasteiger partial charge in [-0.1, -0.05) is 6.07 Å². The molecule has 0 aliphatic carbocycles. The lowest BCUT2D eigenvalue weighted by molar-refractivity contribution is 0.628. The van der Waals surface area contributed by atoms with Crippen LogP contribution in [0, 0.1) is 5.82 Å². The van der Waals surface area contributed by atoms with Crippen LogP contribution in [0.5, 0.6) is 0 Å². The standard InChI is InChI=1S/C8H10FN.ClH/c1-2-10-8-5-3-4-7(9)6-8;/h3-6,10H,2H2,1H3;1H. The molecule has 62 valence electrons. The lowest BCUT2D eigenvalue weighted by atomic mass is 10.3. The van der Waals surface area contributed by atoms with E-state index in [1.807, 2.05) is 13.0 Å². The van der Waals surface area contributed by atoms with Crippen LogP contribution in [0.4, 0.5) is 10.1 Å². The molecule has 0 aliphatic rings. The van der Waals surface area contributed by atoms with E-state index >= 15 is 0 Å². The quantitative estimate of drug-likeness (QED) is 0.729. The number of halogens is 2. The van der Waals surface area contributed by atoms with Crippen LogP contribution in [0.2, 0.25) is 0 Å². The van der Waals surface area contributed by atoms with E-state index in [4.69, 9.17) is 0 Å². The predicted molar refractivity (Wildman–Crippen MR) is 47.8 cm³/mol. The molecule has 1 rings (SSSR count). The first-order valence-electron chi connectivity index (χ1n) is 3.32. The second-order valence-electron chi connectivity index (χ2n) is 2.04. The predicted octanol–water partition coefficient (Wildman–Crippen LogP) is 2.68. The summed E-state index contributed by atoms with van der Waals surface area (Å²) < 4.78 is 12.5. The van der Waals surface area contributed by atoms with Crippen molar-refractivity contribution in [1.82, 2.24) is 0 Å². The Hall–Kier alpha value is -0.760. The maximum atomic E-state index is 12.5. The zero-order chi connectivity index (χ0) is 7.40. The van der Waals surface area contributed by atoms with Crippen molar-refractivity contribution in [2.75, 3.05) is 11.9 Å². The number of hydrogen-bond donors (Lipinski definition) is 1. The van der Waals surface area contributed by atoms with E-state index in [9.17, 15) is 4.39 Å². The first kappa shape index (κ1) is 10.2. The third-order valence-corrected chi connectivity index (χ3v) is 1.21. The van der Waals surface area contributed by atoms with Crippen LogP contribution in [0.15, 0.2) is 24.3 Å². The van der Waals surface area contributed by atoms with E-state index in [1.54, 1.807) is 6.07 Å². The van der Waals surface area contributed by atoms with Gasteiger partial charge >= 0.3 is 0 Å². The van der Waals surface area contributed by atoms with Crippen molar-refractivity contribution in [2.24, 2.45) is 0 Å².